The molecule has 0 radical (unpaired) electrons. The second-order valence-electron chi connectivity index (χ2n) is 8.28. The molecule has 2 aliphatic rings. The Hall–Kier alpha value is -1.18. The Morgan fingerprint density at radius 3 is 2.32 bits per heavy atom. The van der Waals surface area contributed by atoms with E-state index in [1.54, 1.807) is 0 Å². The molecular weight excluding hydrogens is 414 g/mol. The maximum absolute atomic E-state index is 11.7. The maximum Gasteiger partial charge on any atom is 0.217 e. The largest absolute Gasteiger partial charge is 0.394 e. The van der Waals surface area contributed by atoms with Gasteiger partial charge in [-0.2, -0.15) is 0 Å². The second kappa shape index (κ2) is 11.1. The number of aliphatic hydroxyl groups is 4. The van der Waals surface area contributed by atoms with Crippen molar-refractivity contribution >= 4 is 12.2 Å². The van der Waals surface area contributed by atoms with E-state index in [0.717, 1.165) is 0 Å². The summed E-state index contributed by atoms with van der Waals surface area (Å²) in [5.41, 5.74) is -0.633. The zero-order chi connectivity index (χ0) is 23.3. The van der Waals surface area contributed by atoms with E-state index in [-0.39, 0.29) is 6.61 Å². The number of aliphatic hydroxyl groups excluding tert-OH is 4. The van der Waals surface area contributed by atoms with Crippen molar-refractivity contribution in [2.75, 3.05) is 13.2 Å². The van der Waals surface area contributed by atoms with Gasteiger partial charge < -0.3 is 49.5 Å². The zero-order valence-corrected chi connectivity index (χ0v) is 18.3. The van der Waals surface area contributed by atoms with Gasteiger partial charge in [0.2, 0.25) is 5.91 Å². The Balaban J connectivity index is 2.20. The van der Waals surface area contributed by atoms with Gasteiger partial charge in [0.25, 0.3) is 0 Å². The Bertz CT molecular complexity index is 601. The molecule has 2 heterocycles. The standard InChI is InChI=1S/C20H35NO10/c1-5-20(4,6-2)31-18-13(8-23)29-19(16(27)15(18)26)30-17-11(21-10(3)24)9-28-12(7-22)14(17)25/h8,11-19,22,25-27H,5-7,9H2,1-4H3,(H,21,24). The van der Waals surface area contributed by atoms with Crippen molar-refractivity contribution in [2.24, 2.45) is 0 Å². The topological polar surface area (TPSA) is 164 Å². The Morgan fingerprint density at radius 1 is 1.16 bits per heavy atom. The van der Waals surface area contributed by atoms with Crippen LogP contribution in [-0.4, -0.2) is 106 Å². The molecule has 0 aliphatic carbocycles. The van der Waals surface area contributed by atoms with Crippen molar-refractivity contribution in [3.05, 3.63) is 0 Å². The summed E-state index contributed by atoms with van der Waals surface area (Å²) in [4.78, 5) is 23.2. The summed E-state index contributed by atoms with van der Waals surface area (Å²) in [6, 6.07) is -0.810. The average Bonchev–Trinajstić information content (AvgIpc) is 2.75. The molecule has 0 bridgehead atoms. The SMILES string of the molecule is CCC(C)(CC)OC1C(C=O)OC(OC2C(NC(C)=O)COC(CO)C2O)C(O)C1O. The molecule has 0 aromatic rings. The highest BCUT2D eigenvalue weighted by atomic mass is 16.7. The van der Waals surface area contributed by atoms with Gasteiger partial charge in [0.05, 0.1) is 24.9 Å². The van der Waals surface area contributed by atoms with Gasteiger partial charge in [-0.25, -0.2) is 0 Å². The zero-order valence-electron chi connectivity index (χ0n) is 18.3. The van der Waals surface area contributed by atoms with Crippen LogP contribution in [0.2, 0.25) is 0 Å². The van der Waals surface area contributed by atoms with E-state index in [2.05, 4.69) is 5.32 Å². The van der Waals surface area contributed by atoms with Crippen LogP contribution in [0, 0.1) is 0 Å². The minimum Gasteiger partial charge on any atom is -0.394 e. The summed E-state index contributed by atoms with van der Waals surface area (Å²) in [5.74, 6) is -0.403. The first-order chi connectivity index (χ1) is 14.6. The predicted octanol–water partition coefficient (Wildman–Crippen LogP) is -1.76. The minimum atomic E-state index is -1.60. The lowest BCUT2D eigenvalue weighted by molar-refractivity contribution is -0.330. The first kappa shape index (κ1) is 26.1. The molecule has 31 heavy (non-hydrogen) atoms. The van der Waals surface area contributed by atoms with Crippen LogP contribution in [0.4, 0.5) is 0 Å². The van der Waals surface area contributed by atoms with Crippen LogP contribution in [-0.2, 0) is 28.5 Å². The van der Waals surface area contributed by atoms with Gasteiger partial charge in [0.15, 0.2) is 12.6 Å². The highest BCUT2D eigenvalue weighted by Gasteiger charge is 2.50. The molecule has 1 amide bonds. The fourth-order valence-electron chi connectivity index (χ4n) is 3.71. The summed E-state index contributed by atoms with van der Waals surface area (Å²) in [6.45, 7) is 6.37. The van der Waals surface area contributed by atoms with Crippen molar-refractivity contribution in [3.8, 4) is 0 Å². The lowest BCUT2D eigenvalue weighted by Crippen LogP contribution is -2.65. The molecule has 180 valence electrons. The molecule has 11 heteroatoms. The van der Waals surface area contributed by atoms with Gasteiger partial charge in [-0.15, -0.1) is 0 Å². The van der Waals surface area contributed by atoms with E-state index >= 15 is 0 Å². The number of hydrogen-bond donors (Lipinski definition) is 5. The molecule has 2 rings (SSSR count). The van der Waals surface area contributed by atoms with Gasteiger partial charge in [-0.1, -0.05) is 13.8 Å². The number of rotatable bonds is 9. The molecular formula is C20H35NO10. The van der Waals surface area contributed by atoms with Gasteiger partial charge in [-0.3, -0.25) is 4.79 Å². The molecule has 11 nitrogen and oxygen atoms in total. The van der Waals surface area contributed by atoms with E-state index in [4.69, 9.17) is 18.9 Å². The van der Waals surface area contributed by atoms with E-state index in [9.17, 15) is 30.0 Å². The third-order valence-corrected chi connectivity index (χ3v) is 6.09. The fraction of sp³-hybridized carbons (Fsp3) is 0.900. The summed E-state index contributed by atoms with van der Waals surface area (Å²) in [7, 11) is 0. The third kappa shape index (κ3) is 5.99. The van der Waals surface area contributed by atoms with Crippen molar-refractivity contribution < 1.29 is 49.0 Å². The quantitative estimate of drug-likeness (QED) is 0.255. The first-order valence-electron chi connectivity index (χ1n) is 10.6. The van der Waals surface area contributed by atoms with Gasteiger partial charge in [0.1, 0.15) is 42.7 Å². The normalized spacial score (nSPS) is 39.2. The molecule has 2 fully saturated rings. The van der Waals surface area contributed by atoms with Gasteiger partial charge >= 0.3 is 0 Å². The van der Waals surface area contributed by atoms with Crippen molar-refractivity contribution in [3.63, 3.8) is 0 Å². The fourth-order valence-corrected chi connectivity index (χ4v) is 3.71. The third-order valence-electron chi connectivity index (χ3n) is 6.09. The van der Waals surface area contributed by atoms with Crippen LogP contribution in [0.15, 0.2) is 0 Å². The summed E-state index contributed by atoms with van der Waals surface area (Å²) in [5, 5.41) is 43.8. The molecule has 9 unspecified atom stereocenters. The number of carbonyl (C=O) groups excluding carboxylic acids is 2. The number of hydrogen-bond acceptors (Lipinski definition) is 10. The molecule has 0 saturated carbocycles. The average molecular weight is 449 g/mol. The lowest BCUT2D eigenvalue weighted by atomic mass is 9.94. The molecule has 5 N–H and O–H groups in total. The number of amides is 1. The molecule has 9 atom stereocenters. The minimum absolute atomic E-state index is 0.0634. The van der Waals surface area contributed by atoms with E-state index in [1.165, 1.54) is 6.92 Å². The predicted molar refractivity (Wildman–Crippen MR) is 106 cm³/mol. The van der Waals surface area contributed by atoms with Gasteiger partial charge in [-0.05, 0) is 19.8 Å². The number of ether oxygens (including phenoxy) is 4. The van der Waals surface area contributed by atoms with E-state index in [1.807, 2.05) is 20.8 Å². The highest BCUT2D eigenvalue weighted by molar-refractivity contribution is 5.73. The molecule has 0 spiro atoms. The Labute approximate surface area is 181 Å². The summed E-state index contributed by atoms with van der Waals surface area (Å²) in [6.07, 6.45) is -8.73. The first-order valence-corrected chi connectivity index (χ1v) is 10.6. The number of aldehydes is 1. The molecule has 2 aliphatic heterocycles. The van der Waals surface area contributed by atoms with Crippen molar-refractivity contribution in [1.82, 2.24) is 5.32 Å². The molecule has 2 saturated heterocycles. The highest BCUT2D eigenvalue weighted by Crippen LogP contribution is 2.31. The van der Waals surface area contributed by atoms with Crippen LogP contribution in [0.5, 0.6) is 0 Å². The van der Waals surface area contributed by atoms with Crippen LogP contribution < -0.4 is 5.32 Å². The summed E-state index contributed by atoms with van der Waals surface area (Å²) < 4.78 is 22.6. The van der Waals surface area contributed by atoms with Crippen LogP contribution in [0.1, 0.15) is 40.5 Å². The van der Waals surface area contributed by atoms with Crippen molar-refractivity contribution in [1.29, 1.82) is 0 Å². The Kier molecular flexibility index (Phi) is 9.34. The van der Waals surface area contributed by atoms with Crippen LogP contribution >= 0.6 is 0 Å². The lowest BCUT2D eigenvalue weighted by Gasteiger charge is -2.46. The second-order valence-corrected chi connectivity index (χ2v) is 8.28. The maximum atomic E-state index is 11.7. The van der Waals surface area contributed by atoms with E-state index in [0.29, 0.717) is 19.1 Å². The molecule has 0 aromatic carbocycles. The summed E-state index contributed by atoms with van der Waals surface area (Å²) >= 11 is 0. The number of nitrogens with one attached hydrogen (secondary N) is 1. The monoisotopic (exact) mass is 449 g/mol. The van der Waals surface area contributed by atoms with Crippen LogP contribution in [0.3, 0.4) is 0 Å². The van der Waals surface area contributed by atoms with Crippen molar-refractivity contribution in [2.45, 2.75) is 101 Å². The number of carbonyl (C=O) groups is 2. The van der Waals surface area contributed by atoms with Crippen LogP contribution in [0.25, 0.3) is 0 Å². The smallest absolute Gasteiger partial charge is 0.217 e. The van der Waals surface area contributed by atoms with E-state index < -0.39 is 73.2 Å². The van der Waals surface area contributed by atoms with Gasteiger partial charge in [0, 0.05) is 6.92 Å². The molecule has 0 aromatic heterocycles. The Morgan fingerprint density at radius 2 is 1.81 bits per heavy atom.